The van der Waals surface area contributed by atoms with Crippen molar-refractivity contribution >= 4 is 11.4 Å². The third-order valence-electron chi connectivity index (χ3n) is 2.98. The molecule has 0 saturated heterocycles. The van der Waals surface area contributed by atoms with E-state index in [0.29, 0.717) is 24.3 Å². The zero-order valence-electron chi connectivity index (χ0n) is 12.3. The molecule has 112 valence electrons. The molecule has 1 atom stereocenters. The van der Waals surface area contributed by atoms with E-state index >= 15 is 0 Å². The molecule has 2 N–H and O–H groups in total. The van der Waals surface area contributed by atoms with E-state index in [1.54, 1.807) is 37.8 Å². The first-order chi connectivity index (χ1) is 9.15. The molecule has 6 nitrogen and oxygen atoms in total. The van der Waals surface area contributed by atoms with Crippen LogP contribution in [-0.4, -0.2) is 33.8 Å². The molecular weight excluding hydrogens is 260 g/mol. The molecule has 0 spiro atoms. The quantitative estimate of drug-likeness (QED) is 0.617. The molecule has 0 aliphatic carbocycles. The number of likely N-dealkylation sites (N-methyl/N-ethyl adjacent to an activating group) is 1. The van der Waals surface area contributed by atoms with Crippen LogP contribution in [0.1, 0.15) is 39.4 Å². The van der Waals surface area contributed by atoms with Crippen LogP contribution >= 0.6 is 0 Å². The number of aliphatic hydroxyl groups is 2. The van der Waals surface area contributed by atoms with Crippen LogP contribution in [-0.2, 0) is 0 Å². The maximum absolute atomic E-state index is 11.2. The minimum Gasteiger partial charge on any atom is -0.389 e. The normalized spacial score (nSPS) is 13.1. The van der Waals surface area contributed by atoms with Crippen LogP contribution in [0.15, 0.2) is 18.2 Å². The highest BCUT2D eigenvalue weighted by Gasteiger charge is 2.24. The van der Waals surface area contributed by atoms with Crippen molar-refractivity contribution in [2.75, 3.05) is 18.0 Å². The summed E-state index contributed by atoms with van der Waals surface area (Å²) in [5, 5.41) is 30.6. The second-order valence-electron chi connectivity index (χ2n) is 5.51. The Morgan fingerprint density at radius 2 is 2.05 bits per heavy atom. The van der Waals surface area contributed by atoms with E-state index in [4.69, 9.17) is 0 Å². The summed E-state index contributed by atoms with van der Waals surface area (Å²) in [6, 6.07) is 4.67. The molecule has 0 aliphatic heterocycles. The zero-order valence-corrected chi connectivity index (χ0v) is 12.3. The Morgan fingerprint density at radius 3 is 2.45 bits per heavy atom. The smallest absolute Gasteiger partial charge is 0.292 e. The topological polar surface area (TPSA) is 86.8 Å². The minimum atomic E-state index is -0.952. The summed E-state index contributed by atoms with van der Waals surface area (Å²) in [4.78, 5) is 12.5. The number of anilines is 1. The van der Waals surface area contributed by atoms with Gasteiger partial charge in [0.15, 0.2) is 0 Å². The summed E-state index contributed by atoms with van der Waals surface area (Å²) in [5.74, 6) is 0. The lowest BCUT2D eigenvalue weighted by atomic mass is 10.1. The lowest BCUT2D eigenvalue weighted by Gasteiger charge is -2.29. The molecule has 0 fully saturated rings. The number of nitrogens with zero attached hydrogens (tertiary/aromatic N) is 2. The van der Waals surface area contributed by atoms with Crippen molar-refractivity contribution < 1.29 is 15.1 Å². The van der Waals surface area contributed by atoms with E-state index in [9.17, 15) is 20.3 Å². The summed E-state index contributed by atoms with van der Waals surface area (Å²) in [7, 11) is 0. The van der Waals surface area contributed by atoms with Crippen LogP contribution in [0.4, 0.5) is 11.4 Å². The predicted octanol–water partition coefficient (Wildman–Crippen LogP) is 2.25. The van der Waals surface area contributed by atoms with Crippen molar-refractivity contribution in [2.24, 2.45) is 0 Å². The first-order valence-electron chi connectivity index (χ1n) is 6.59. The first-order valence-corrected chi connectivity index (χ1v) is 6.59. The Balaban J connectivity index is 3.24. The average molecular weight is 282 g/mol. The van der Waals surface area contributed by atoms with Gasteiger partial charge in [-0.2, -0.15) is 0 Å². The fourth-order valence-electron chi connectivity index (χ4n) is 2.05. The molecule has 0 aromatic heterocycles. The van der Waals surface area contributed by atoms with Gasteiger partial charge in [0, 0.05) is 19.2 Å². The number of nitro groups is 1. The first kappa shape index (κ1) is 16.4. The van der Waals surface area contributed by atoms with Crippen LogP contribution < -0.4 is 4.90 Å². The molecule has 0 aliphatic rings. The van der Waals surface area contributed by atoms with Crippen molar-refractivity contribution in [1.29, 1.82) is 0 Å². The van der Waals surface area contributed by atoms with Crippen LogP contribution in [0.2, 0.25) is 0 Å². The molecule has 1 unspecified atom stereocenters. The maximum atomic E-state index is 11.2. The lowest BCUT2D eigenvalue weighted by molar-refractivity contribution is -0.384. The largest absolute Gasteiger partial charge is 0.389 e. The van der Waals surface area contributed by atoms with Crippen LogP contribution in [0, 0.1) is 10.1 Å². The molecule has 1 rings (SSSR count). The SMILES string of the molecule is CCN(CC(C)(C)O)c1ccc(C(C)O)cc1[N+](=O)[O-]. The fourth-order valence-corrected chi connectivity index (χ4v) is 2.05. The van der Waals surface area contributed by atoms with Crippen molar-refractivity contribution in [3.63, 3.8) is 0 Å². The van der Waals surface area contributed by atoms with E-state index < -0.39 is 16.6 Å². The molecule has 0 bridgehead atoms. The molecular formula is C14H22N2O4. The number of hydrogen-bond acceptors (Lipinski definition) is 5. The predicted molar refractivity (Wildman–Crippen MR) is 77.9 cm³/mol. The van der Waals surface area contributed by atoms with E-state index in [2.05, 4.69) is 0 Å². The van der Waals surface area contributed by atoms with Crippen molar-refractivity contribution in [1.82, 2.24) is 0 Å². The number of hydrogen-bond donors (Lipinski definition) is 2. The zero-order chi connectivity index (χ0) is 15.5. The lowest BCUT2D eigenvalue weighted by Crippen LogP contribution is -2.38. The van der Waals surface area contributed by atoms with Crippen molar-refractivity contribution in [2.45, 2.75) is 39.4 Å². The number of benzene rings is 1. The molecule has 0 heterocycles. The summed E-state index contributed by atoms with van der Waals surface area (Å²) in [6.45, 7) is 7.58. The van der Waals surface area contributed by atoms with Crippen LogP contribution in [0.25, 0.3) is 0 Å². The van der Waals surface area contributed by atoms with E-state index in [-0.39, 0.29) is 5.69 Å². The summed E-state index contributed by atoms with van der Waals surface area (Å²) in [5.41, 5.74) is -0.0643. The Labute approximate surface area is 118 Å². The van der Waals surface area contributed by atoms with Gasteiger partial charge in [-0.15, -0.1) is 0 Å². The standard InChI is InChI=1S/C14H22N2O4/c1-5-15(9-14(3,4)18)12-7-6-11(10(2)17)8-13(12)16(19)20/h6-8,10,17-18H,5,9H2,1-4H3. The molecule has 1 aromatic carbocycles. The monoisotopic (exact) mass is 282 g/mol. The van der Waals surface area contributed by atoms with Crippen molar-refractivity contribution in [3.05, 3.63) is 33.9 Å². The Kier molecular flexibility index (Phi) is 5.08. The van der Waals surface area contributed by atoms with Gasteiger partial charge in [0.05, 0.1) is 16.6 Å². The van der Waals surface area contributed by atoms with Gasteiger partial charge in [0.25, 0.3) is 5.69 Å². The molecule has 20 heavy (non-hydrogen) atoms. The van der Waals surface area contributed by atoms with Gasteiger partial charge in [-0.1, -0.05) is 6.07 Å². The van der Waals surface area contributed by atoms with Crippen LogP contribution in [0.3, 0.4) is 0 Å². The van der Waals surface area contributed by atoms with E-state index in [1.807, 2.05) is 6.92 Å². The Morgan fingerprint density at radius 1 is 1.45 bits per heavy atom. The highest BCUT2D eigenvalue weighted by atomic mass is 16.6. The third-order valence-corrected chi connectivity index (χ3v) is 2.98. The molecule has 0 amide bonds. The van der Waals surface area contributed by atoms with Gasteiger partial charge in [-0.3, -0.25) is 10.1 Å². The summed E-state index contributed by atoms with van der Waals surface area (Å²) < 4.78 is 0. The Hall–Kier alpha value is -1.66. The highest BCUT2D eigenvalue weighted by molar-refractivity contribution is 5.64. The minimum absolute atomic E-state index is 0.0606. The number of rotatable bonds is 6. The fraction of sp³-hybridized carbons (Fsp3) is 0.571. The second-order valence-corrected chi connectivity index (χ2v) is 5.51. The van der Waals surface area contributed by atoms with Gasteiger partial charge in [-0.05, 0) is 39.3 Å². The average Bonchev–Trinajstić information content (AvgIpc) is 2.34. The molecule has 0 saturated carbocycles. The van der Waals surface area contributed by atoms with Crippen LogP contribution in [0.5, 0.6) is 0 Å². The molecule has 6 heteroatoms. The van der Waals surface area contributed by atoms with Gasteiger partial charge in [-0.25, -0.2) is 0 Å². The highest BCUT2D eigenvalue weighted by Crippen LogP contribution is 2.31. The second kappa shape index (κ2) is 6.19. The molecule has 1 aromatic rings. The molecule has 0 radical (unpaired) electrons. The van der Waals surface area contributed by atoms with E-state index in [0.717, 1.165) is 0 Å². The van der Waals surface area contributed by atoms with Gasteiger partial charge < -0.3 is 15.1 Å². The summed E-state index contributed by atoms with van der Waals surface area (Å²) in [6.07, 6.45) is -0.757. The van der Waals surface area contributed by atoms with Gasteiger partial charge in [0.2, 0.25) is 0 Å². The maximum Gasteiger partial charge on any atom is 0.292 e. The number of nitro benzene ring substituents is 1. The van der Waals surface area contributed by atoms with Crippen molar-refractivity contribution in [3.8, 4) is 0 Å². The third kappa shape index (κ3) is 4.18. The van der Waals surface area contributed by atoms with E-state index in [1.165, 1.54) is 6.07 Å². The number of aliphatic hydroxyl groups excluding tert-OH is 1. The summed E-state index contributed by atoms with van der Waals surface area (Å²) >= 11 is 0. The van der Waals surface area contributed by atoms with Gasteiger partial charge in [0.1, 0.15) is 5.69 Å². The Bertz CT molecular complexity index is 481. The van der Waals surface area contributed by atoms with Gasteiger partial charge >= 0.3 is 0 Å².